The molecule has 17 heavy (non-hydrogen) atoms. The van der Waals surface area contributed by atoms with Gasteiger partial charge in [0, 0.05) is 132 Å². The van der Waals surface area contributed by atoms with Crippen LogP contribution in [0.2, 0.25) is 0 Å². The van der Waals surface area contributed by atoms with Crippen LogP contribution in [0.25, 0.3) is 0 Å². The molecular weight excluding hydrogens is 887 g/mol. The van der Waals surface area contributed by atoms with Gasteiger partial charge in [0.05, 0.1) is 11.1 Å². The van der Waals surface area contributed by atoms with Crippen LogP contribution in [0, 0.1) is 132 Å². The van der Waals surface area contributed by atoms with Gasteiger partial charge in [-0.25, -0.2) is 0 Å². The summed E-state index contributed by atoms with van der Waals surface area (Å²) in [5.74, 6) is 0. The fourth-order valence-electron chi connectivity index (χ4n) is 1.37. The molecule has 3 radical (unpaired) electrons. The van der Waals surface area contributed by atoms with Crippen LogP contribution < -0.4 is 5.32 Å². The fraction of sp³-hybridized carbons (Fsp3) is 0.875. The number of aliphatic hydroxyl groups excluding tert-OH is 3. The largest absolute Gasteiger partial charge is 0.388 e. The Morgan fingerprint density at radius 1 is 1.06 bits per heavy atom. The van der Waals surface area contributed by atoms with Crippen LogP contribution in [0.1, 0.15) is 13.8 Å². The zero-order valence-corrected chi connectivity index (χ0v) is 24.8. The molecule has 0 spiro atoms. The Bertz CT molecular complexity index is 237. The number of ether oxygens (including phenoxy) is 1. The Labute approximate surface area is 214 Å². The summed E-state index contributed by atoms with van der Waals surface area (Å²) >= 11 is 4.79. The van der Waals surface area contributed by atoms with Crippen molar-refractivity contribution in [1.29, 1.82) is 0 Å². The van der Waals surface area contributed by atoms with E-state index in [0.717, 1.165) is 0 Å². The van der Waals surface area contributed by atoms with Crippen LogP contribution in [0.5, 0.6) is 0 Å². The van der Waals surface area contributed by atoms with Crippen LogP contribution >= 0.6 is 12.2 Å². The van der Waals surface area contributed by atoms with Gasteiger partial charge >= 0.3 is 0 Å². The van der Waals surface area contributed by atoms with Crippen LogP contribution in [0.3, 0.4) is 0 Å². The van der Waals surface area contributed by atoms with Crippen LogP contribution in [0.4, 0.5) is 0 Å². The SMILES string of the molecule is CC(=S)NC1OC(C)C(O)C(O)C1O.[Ac].[Ac].[Ac]. The number of aliphatic hydroxyl groups is 3. The Balaban J connectivity index is -0.000000653. The molecule has 91 valence electrons. The van der Waals surface area contributed by atoms with Crippen molar-refractivity contribution in [1.82, 2.24) is 5.32 Å². The quantitative estimate of drug-likeness (QED) is 0.247. The number of hydrogen-bond donors (Lipinski definition) is 4. The molecule has 1 aliphatic rings. The topological polar surface area (TPSA) is 82.0 Å². The first-order chi connectivity index (χ1) is 6.43. The molecule has 0 saturated carbocycles. The van der Waals surface area contributed by atoms with Gasteiger partial charge in [0.15, 0.2) is 6.23 Å². The number of rotatable bonds is 1. The van der Waals surface area contributed by atoms with E-state index >= 15 is 0 Å². The summed E-state index contributed by atoms with van der Waals surface area (Å²) in [6, 6.07) is 0. The smallest absolute Gasteiger partial charge is 0.157 e. The van der Waals surface area contributed by atoms with E-state index in [9.17, 15) is 15.3 Å². The van der Waals surface area contributed by atoms with Crippen LogP contribution in [-0.4, -0.2) is 51.0 Å². The monoisotopic (exact) mass is 902 g/mol. The number of nitrogens with one attached hydrogen (secondary N) is 1. The normalized spacial score (nSPS) is 35.7. The maximum Gasteiger partial charge on any atom is 0.157 e. The zero-order valence-electron chi connectivity index (χ0n) is 9.78. The molecule has 1 aliphatic heterocycles. The summed E-state index contributed by atoms with van der Waals surface area (Å²) in [4.78, 5) is 0.463. The first-order valence-electron chi connectivity index (χ1n) is 4.40. The van der Waals surface area contributed by atoms with Gasteiger partial charge in [0.1, 0.15) is 18.3 Å². The maximum atomic E-state index is 9.52. The van der Waals surface area contributed by atoms with Gasteiger partial charge in [-0.05, 0) is 13.8 Å². The van der Waals surface area contributed by atoms with Crippen molar-refractivity contribution in [3.05, 3.63) is 0 Å². The van der Waals surface area contributed by atoms with E-state index in [4.69, 9.17) is 17.0 Å². The zero-order chi connectivity index (χ0) is 10.9. The minimum Gasteiger partial charge on any atom is -0.388 e. The van der Waals surface area contributed by atoms with Crippen molar-refractivity contribution in [3.63, 3.8) is 0 Å². The Morgan fingerprint density at radius 2 is 1.53 bits per heavy atom. The molecular formula is C8H15Ac3NO4S. The molecule has 0 amide bonds. The van der Waals surface area contributed by atoms with Crippen molar-refractivity contribution >= 4 is 17.2 Å². The maximum absolute atomic E-state index is 9.52. The molecule has 0 aromatic rings. The Kier molecular flexibility index (Phi) is 19.2. The molecule has 4 N–H and O–H groups in total. The molecule has 0 aliphatic carbocycles. The molecule has 5 atom stereocenters. The van der Waals surface area contributed by atoms with Gasteiger partial charge in [-0.1, -0.05) is 12.2 Å². The molecule has 1 saturated heterocycles. The number of hydrogen-bond acceptors (Lipinski definition) is 5. The Hall–Kier alpha value is 4.05. The molecule has 5 nitrogen and oxygen atoms in total. The van der Waals surface area contributed by atoms with Crippen molar-refractivity contribution in [2.75, 3.05) is 0 Å². The minimum absolute atomic E-state index is 0. The average molecular weight is 902 g/mol. The van der Waals surface area contributed by atoms with E-state index < -0.39 is 30.6 Å². The summed E-state index contributed by atoms with van der Waals surface area (Å²) in [5.41, 5.74) is 0. The van der Waals surface area contributed by atoms with E-state index in [-0.39, 0.29) is 132 Å². The molecule has 0 aromatic heterocycles. The van der Waals surface area contributed by atoms with Gasteiger partial charge in [-0.15, -0.1) is 0 Å². The van der Waals surface area contributed by atoms with Gasteiger partial charge in [0.2, 0.25) is 0 Å². The predicted molar refractivity (Wildman–Crippen MR) is 53.8 cm³/mol. The third-order valence-electron chi connectivity index (χ3n) is 2.20. The van der Waals surface area contributed by atoms with Gasteiger partial charge in [0.25, 0.3) is 0 Å². The van der Waals surface area contributed by atoms with E-state index in [1.54, 1.807) is 13.8 Å². The predicted octanol–water partition coefficient (Wildman–Crippen LogP) is -1.25. The molecule has 5 unspecified atom stereocenters. The average Bonchev–Trinajstić information content (AvgIpc) is 2.10. The van der Waals surface area contributed by atoms with E-state index in [0.29, 0.717) is 4.99 Å². The first kappa shape index (κ1) is 26.0. The van der Waals surface area contributed by atoms with Crippen molar-refractivity contribution in [2.45, 2.75) is 44.5 Å². The van der Waals surface area contributed by atoms with E-state index in [1.165, 1.54) is 0 Å². The summed E-state index contributed by atoms with van der Waals surface area (Å²) in [6.45, 7) is 3.26. The summed E-state index contributed by atoms with van der Waals surface area (Å²) in [7, 11) is 0. The second-order valence-corrected chi connectivity index (χ2v) is 4.05. The molecule has 1 fully saturated rings. The Morgan fingerprint density at radius 3 is 1.94 bits per heavy atom. The van der Waals surface area contributed by atoms with E-state index in [2.05, 4.69) is 5.32 Å². The number of thiocarbonyl (C=S) groups is 1. The second kappa shape index (κ2) is 12.6. The first-order valence-corrected chi connectivity index (χ1v) is 4.81. The molecule has 0 aromatic carbocycles. The second-order valence-electron chi connectivity index (χ2n) is 3.43. The third-order valence-corrected chi connectivity index (χ3v) is 2.32. The van der Waals surface area contributed by atoms with Crippen LogP contribution in [-0.2, 0) is 4.74 Å². The van der Waals surface area contributed by atoms with Gasteiger partial charge in [-0.3, -0.25) is 0 Å². The molecule has 1 heterocycles. The summed E-state index contributed by atoms with van der Waals surface area (Å²) < 4.78 is 5.23. The van der Waals surface area contributed by atoms with E-state index in [1.807, 2.05) is 0 Å². The van der Waals surface area contributed by atoms with Gasteiger partial charge in [-0.2, -0.15) is 0 Å². The van der Waals surface area contributed by atoms with Crippen molar-refractivity contribution in [2.24, 2.45) is 0 Å². The van der Waals surface area contributed by atoms with Crippen molar-refractivity contribution < 1.29 is 152 Å². The third kappa shape index (κ3) is 8.31. The van der Waals surface area contributed by atoms with Crippen LogP contribution in [0.15, 0.2) is 0 Å². The summed E-state index contributed by atoms with van der Waals surface area (Å²) in [5, 5.41) is 31.0. The van der Waals surface area contributed by atoms with Crippen molar-refractivity contribution in [3.8, 4) is 0 Å². The molecule has 9 heteroatoms. The molecule has 0 bridgehead atoms. The fourth-order valence-corrected chi connectivity index (χ4v) is 1.49. The standard InChI is InChI=1S/C8H15NO4S.3Ac/c1-3-5(10)6(11)7(12)8(13-3)9-4(2)14;;;/h3,5-8,10-12H,1-2H3,(H,9,14);;;. The summed E-state index contributed by atoms with van der Waals surface area (Å²) in [6.07, 6.45) is -4.78. The van der Waals surface area contributed by atoms with Gasteiger partial charge < -0.3 is 25.4 Å². The molecule has 1 rings (SSSR count). The minimum atomic E-state index is -1.22.